The van der Waals surface area contributed by atoms with Gasteiger partial charge in [0.15, 0.2) is 5.69 Å². The standard InChI is InChI=1S/C19H22F3N5O.ClH/c20-19(21,22)14-3-1-13(2-4-14)11-26(15-5-6-15)18(28)17-12-27(25-24-17)16-7-9-23-10-8-16;/h1-4,12,15-16,23H,5-11H2;1H. The van der Waals surface area contributed by atoms with E-state index in [0.29, 0.717) is 5.56 Å². The molecule has 1 aliphatic heterocycles. The largest absolute Gasteiger partial charge is 0.416 e. The van der Waals surface area contributed by atoms with Crippen LogP contribution in [0.4, 0.5) is 13.2 Å². The van der Waals surface area contributed by atoms with E-state index in [1.807, 2.05) is 0 Å². The predicted octanol–water partition coefficient (Wildman–Crippen LogP) is 3.45. The summed E-state index contributed by atoms with van der Waals surface area (Å²) in [5.41, 5.74) is 0.266. The van der Waals surface area contributed by atoms with Crippen LogP contribution in [-0.2, 0) is 12.7 Å². The van der Waals surface area contributed by atoms with Crippen molar-refractivity contribution in [1.82, 2.24) is 25.2 Å². The average Bonchev–Trinajstić information content (AvgIpc) is 3.41. The molecule has 1 amide bonds. The highest BCUT2D eigenvalue weighted by Crippen LogP contribution is 2.32. The summed E-state index contributed by atoms with van der Waals surface area (Å²) in [6.07, 6.45) is 1.01. The smallest absolute Gasteiger partial charge is 0.330 e. The summed E-state index contributed by atoms with van der Waals surface area (Å²) in [5, 5.41) is 11.5. The Labute approximate surface area is 172 Å². The number of aromatic nitrogens is 3. The minimum Gasteiger partial charge on any atom is -0.330 e. The highest BCUT2D eigenvalue weighted by molar-refractivity contribution is 5.92. The molecule has 0 atom stereocenters. The number of benzene rings is 1. The molecule has 29 heavy (non-hydrogen) atoms. The van der Waals surface area contributed by atoms with Crippen LogP contribution in [0.1, 0.15) is 53.3 Å². The predicted molar refractivity (Wildman–Crippen MR) is 103 cm³/mol. The number of piperidine rings is 1. The monoisotopic (exact) mass is 429 g/mol. The van der Waals surface area contributed by atoms with Crippen LogP contribution in [0, 0.1) is 0 Å². The van der Waals surface area contributed by atoms with E-state index in [-0.39, 0.29) is 42.6 Å². The normalized spacial score (nSPS) is 17.6. The first-order chi connectivity index (χ1) is 13.4. The Hall–Kier alpha value is -2.13. The Bertz CT molecular complexity index is 829. The summed E-state index contributed by atoms with van der Waals surface area (Å²) >= 11 is 0. The zero-order valence-electron chi connectivity index (χ0n) is 15.7. The van der Waals surface area contributed by atoms with Crippen molar-refractivity contribution >= 4 is 18.3 Å². The second-order valence-corrected chi connectivity index (χ2v) is 7.42. The van der Waals surface area contributed by atoms with Crippen LogP contribution >= 0.6 is 12.4 Å². The highest BCUT2D eigenvalue weighted by atomic mass is 35.5. The molecular formula is C19H23ClF3N5O. The number of carbonyl (C=O) groups is 1. The van der Waals surface area contributed by atoms with Gasteiger partial charge in [-0.25, -0.2) is 4.68 Å². The fourth-order valence-electron chi connectivity index (χ4n) is 3.52. The fourth-order valence-corrected chi connectivity index (χ4v) is 3.52. The number of nitrogens with one attached hydrogen (secondary N) is 1. The zero-order chi connectivity index (χ0) is 19.7. The van der Waals surface area contributed by atoms with Crippen molar-refractivity contribution in [1.29, 1.82) is 0 Å². The summed E-state index contributed by atoms with van der Waals surface area (Å²) in [7, 11) is 0. The lowest BCUT2D eigenvalue weighted by atomic mass is 10.1. The van der Waals surface area contributed by atoms with Crippen molar-refractivity contribution in [2.24, 2.45) is 0 Å². The van der Waals surface area contributed by atoms with Crippen LogP contribution < -0.4 is 5.32 Å². The first-order valence-corrected chi connectivity index (χ1v) is 9.51. The van der Waals surface area contributed by atoms with Crippen LogP contribution in [0.25, 0.3) is 0 Å². The number of nitrogens with zero attached hydrogens (tertiary/aromatic N) is 4. The molecule has 2 heterocycles. The van der Waals surface area contributed by atoms with E-state index in [1.54, 1.807) is 15.8 Å². The molecule has 4 rings (SSSR count). The Morgan fingerprint density at radius 3 is 2.38 bits per heavy atom. The zero-order valence-corrected chi connectivity index (χ0v) is 16.5. The van der Waals surface area contributed by atoms with E-state index in [0.717, 1.165) is 50.9 Å². The first-order valence-electron chi connectivity index (χ1n) is 9.51. The Morgan fingerprint density at radius 1 is 1.14 bits per heavy atom. The number of hydrogen-bond donors (Lipinski definition) is 1. The maximum atomic E-state index is 13.0. The molecule has 0 radical (unpaired) electrons. The van der Waals surface area contributed by atoms with Gasteiger partial charge < -0.3 is 10.2 Å². The Kier molecular flexibility index (Phi) is 6.48. The van der Waals surface area contributed by atoms with E-state index < -0.39 is 11.7 Å². The van der Waals surface area contributed by atoms with Crippen molar-refractivity contribution in [3.63, 3.8) is 0 Å². The number of amides is 1. The van der Waals surface area contributed by atoms with Gasteiger partial charge in [-0.2, -0.15) is 13.2 Å². The lowest BCUT2D eigenvalue weighted by molar-refractivity contribution is -0.137. The summed E-state index contributed by atoms with van der Waals surface area (Å²) in [6, 6.07) is 5.31. The minimum atomic E-state index is -4.36. The van der Waals surface area contributed by atoms with Gasteiger partial charge in [-0.15, -0.1) is 17.5 Å². The van der Waals surface area contributed by atoms with Crippen LogP contribution in [0.3, 0.4) is 0 Å². The Balaban J connectivity index is 0.00000240. The summed E-state index contributed by atoms with van der Waals surface area (Å²) in [6.45, 7) is 2.09. The summed E-state index contributed by atoms with van der Waals surface area (Å²) in [4.78, 5) is 14.7. The number of carbonyl (C=O) groups excluding carboxylic acids is 1. The van der Waals surface area contributed by atoms with Crippen LogP contribution in [0.2, 0.25) is 0 Å². The van der Waals surface area contributed by atoms with Crippen LogP contribution in [0.15, 0.2) is 30.5 Å². The van der Waals surface area contributed by atoms with Gasteiger partial charge in [-0.05, 0) is 56.5 Å². The van der Waals surface area contributed by atoms with Gasteiger partial charge in [-0.1, -0.05) is 17.3 Å². The van der Waals surface area contributed by atoms with E-state index >= 15 is 0 Å². The van der Waals surface area contributed by atoms with Crippen molar-refractivity contribution < 1.29 is 18.0 Å². The number of hydrogen-bond acceptors (Lipinski definition) is 4. The van der Waals surface area contributed by atoms with Gasteiger partial charge >= 0.3 is 6.18 Å². The molecule has 0 spiro atoms. The summed E-state index contributed by atoms with van der Waals surface area (Å²) in [5.74, 6) is -0.220. The van der Waals surface area contributed by atoms with E-state index in [1.165, 1.54) is 12.1 Å². The topological polar surface area (TPSA) is 63.1 Å². The second-order valence-electron chi connectivity index (χ2n) is 7.42. The van der Waals surface area contributed by atoms with Gasteiger partial charge in [0.1, 0.15) is 0 Å². The molecule has 2 aliphatic rings. The van der Waals surface area contributed by atoms with Gasteiger partial charge in [0, 0.05) is 12.6 Å². The molecule has 0 unspecified atom stereocenters. The van der Waals surface area contributed by atoms with Crippen molar-refractivity contribution in [3.8, 4) is 0 Å². The van der Waals surface area contributed by atoms with Crippen molar-refractivity contribution in [2.45, 2.75) is 50.5 Å². The SMILES string of the molecule is Cl.O=C(c1cn(C2CCNCC2)nn1)N(Cc1ccc(C(F)(F)F)cc1)C1CC1. The van der Waals surface area contributed by atoms with Gasteiger partial charge in [0.25, 0.3) is 5.91 Å². The minimum absolute atomic E-state index is 0. The van der Waals surface area contributed by atoms with Crippen molar-refractivity contribution in [2.75, 3.05) is 13.1 Å². The first kappa shape index (κ1) is 21.6. The van der Waals surface area contributed by atoms with Crippen LogP contribution in [0.5, 0.6) is 0 Å². The molecule has 1 N–H and O–H groups in total. The maximum absolute atomic E-state index is 13.0. The number of alkyl halides is 3. The maximum Gasteiger partial charge on any atom is 0.416 e. The molecule has 0 bridgehead atoms. The second kappa shape index (κ2) is 8.71. The van der Waals surface area contributed by atoms with Gasteiger partial charge in [-0.3, -0.25) is 4.79 Å². The third kappa shape index (κ3) is 5.08. The molecule has 2 fully saturated rings. The van der Waals surface area contributed by atoms with Crippen LogP contribution in [-0.4, -0.2) is 44.9 Å². The molecular weight excluding hydrogens is 407 g/mol. The summed E-state index contributed by atoms with van der Waals surface area (Å²) < 4.78 is 40.0. The molecule has 1 saturated carbocycles. The van der Waals surface area contributed by atoms with Gasteiger partial charge in [0.2, 0.25) is 0 Å². The van der Waals surface area contributed by atoms with E-state index in [4.69, 9.17) is 0 Å². The molecule has 2 aromatic rings. The fraction of sp³-hybridized carbons (Fsp3) is 0.526. The number of rotatable bonds is 5. The lowest BCUT2D eigenvalue weighted by Crippen LogP contribution is -2.33. The highest BCUT2D eigenvalue weighted by Gasteiger charge is 2.35. The lowest BCUT2D eigenvalue weighted by Gasteiger charge is -2.22. The van der Waals surface area contributed by atoms with Crippen molar-refractivity contribution in [3.05, 3.63) is 47.3 Å². The molecule has 6 nitrogen and oxygen atoms in total. The quantitative estimate of drug-likeness (QED) is 0.790. The molecule has 1 saturated heterocycles. The molecule has 158 valence electrons. The van der Waals surface area contributed by atoms with E-state index in [9.17, 15) is 18.0 Å². The molecule has 10 heteroatoms. The third-order valence-electron chi connectivity index (χ3n) is 5.29. The van der Waals surface area contributed by atoms with E-state index in [2.05, 4.69) is 15.6 Å². The average molecular weight is 430 g/mol. The molecule has 1 aromatic heterocycles. The molecule has 1 aromatic carbocycles. The number of halogens is 4. The molecule has 1 aliphatic carbocycles. The van der Waals surface area contributed by atoms with Gasteiger partial charge in [0.05, 0.1) is 17.8 Å². The third-order valence-corrected chi connectivity index (χ3v) is 5.29. The Morgan fingerprint density at radius 2 is 1.79 bits per heavy atom.